The van der Waals surface area contributed by atoms with Crippen LogP contribution in [0, 0.1) is 6.92 Å². The molecular formula is C23H26N4O2. The molecule has 1 fully saturated rings. The molecule has 1 aromatic carbocycles. The summed E-state index contributed by atoms with van der Waals surface area (Å²) in [5.41, 5.74) is 2.91. The Bertz CT molecular complexity index is 1080. The van der Waals surface area contributed by atoms with Gasteiger partial charge in [0.05, 0.1) is 11.2 Å². The monoisotopic (exact) mass is 390 g/mol. The van der Waals surface area contributed by atoms with Gasteiger partial charge in [0.2, 0.25) is 5.43 Å². The highest BCUT2D eigenvalue weighted by Crippen LogP contribution is 2.15. The van der Waals surface area contributed by atoms with Crippen molar-refractivity contribution in [3.8, 4) is 0 Å². The Kier molecular flexibility index (Phi) is 5.45. The lowest BCUT2D eigenvalue weighted by molar-refractivity contribution is 0.0907. The first-order valence-electron chi connectivity index (χ1n) is 10.0. The van der Waals surface area contributed by atoms with E-state index in [1.54, 1.807) is 6.20 Å². The third kappa shape index (κ3) is 4.22. The van der Waals surface area contributed by atoms with Crippen LogP contribution in [0.2, 0.25) is 0 Å². The number of piperidine rings is 1. The smallest absolute Gasteiger partial charge is 0.256 e. The zero-order valence-electron chi connectivity index (χ0n) is 16.9. The number of aryl methyl sites for hydroxylation is 2. The Labute approximate surface area is 170 Å². The summed E-state index contributed by atoms with van der Waals surface area (Å²) >= 11 is 0. The largest absolute Gasteiger partial charge is 0.350 e. The highest BCUT2D eigenvalue weighted by molar-refractivity contribution is 5.97. The average molecular weight is 390 g/mol. The summed E-state index contributed by atoms with van der Waals surface area (Å²) in [5.74, 6) is -0.280. The van der Waals surface area contributed by atoms with E-state index in [2.05, 4.69) is 15.2 Å². The number of amides is 1. The van der Waals surface area contributed by atoms with Gasteiger partial charge in [-0.15, -0.1) is 0 Å². The second kappa shape index (κ2) is 8.17. The molecule has 3 aromatic rings. The standard InChI is InChI=1S/C23H26N4O2/c1-16-6-7-21-19(13-16)22(28)20(15-26(21)2)23(29)25-17-8-11-27(12-9-17)14-18-5-3-4-10-24-18/h3-7,10,13,15,17H,8-9,11-12,14H2,1-2H3,(H,25,29). The number of benzene rings is 1. The van der Waals surface area contributed by atoms with Crippen molar-refractivity contribution in [2.45, 2.75) is 32.4 Å². The molecule has 6 heteroatoms. The van der Waals surface area contributed by atoms with Gasteiger partial charge in [0, 0.05) is 50.5 Å². The predicted octanol–water partition coefficient (Wildman–Crippen LogP) is 2.64. The van der Waals surface area contributed by atoms with E-state index in [0.717, 1.165) is 49.2 Å². The van der Waals surface area contributed by atoms with Crippen LogP contribution in [-0.2, 0) is 13.6 Å². The Morgan fingerprint density at radius 2 is 2.00 bits per heavy atom. The molecule has 0 spiro atoms. The summed E-state index contributed by atoms with van der Waals surface area (Å²) in [6.45, 7) is 4.57. The fourth-order valence-corrected chi connectivity index (χ4v) is 3.99. The maximum absolute atomic E-state index is 12.9. The fraction of sp³-hybridized carbons (Fsp3) is 0.348. The Morgan fingerprint density at radius 1 is 1.21 bits per heavy atom. The zero-order valence-corrected chi connectivity index (χ0v) is 16.9. The SMILES string of the molecule is Cc1ccc2c(c1)c(=O)c(C(=O)NC1CCN(Cc3ccccn3)CC1)cn2C. The van der Waals surface area contributed by atoms with Gasteiger partial charge in [0.1, 0.15) is 5.56 Å². The molecule has 150 valence electrons. The molecule has 6 nitrogen and oxygen atoms in total. The van der Waals surface area contributed by atoms with Crippen LogP contribution in [-0.4, -0.2) is 39.5 Å². The quantitative estimate of drug-likeness (QED) is 0.744. The third-order valence-corrected chi connectivity index (χ3v) is 5.62. The van der Waals surface area contributed by atoms with E-state index in [-0.39, 0.29) is 22.9 Å². The molecule has 1 aliphatic heterocycles. The van der Waals surface area contributed by atoms with Gasteiger partial charge in [-0.05, 0) is 44.0 Å². The summed E-state index contributed by atoms with van der Waals surface area (Å²) in [5, 5.41) is 3.66. The van der Waals surface area contributed by atoms with Gasteiger partial charge in [0.15, 0.2) is 0 Å². The molecule has 0 radical (unpaired) electrons. The summed E-state index contributed by atoms with van der Waals surface area (Å²) < 4.78 is 1.85. The number of carbonyl (C=O) groups is 1. The summed E-state index contributed by atoms with van der Waals surface area (Å²) in [7, 11) is 1.87. The number of hydrogen-bond acceptors (Lipinski definition) is 4. The number of pyridine rings is 2. The van der Waals surface area contributed by atoms with Crippen molar-refractivity contribution in [3.05, 3.63) is 75.8 Å². The number of rotatable bonds is 4. The minimum absolute atomic E-state index is 0.0837. The molecule has 0 atom stereocenters. The number of aromatic nitrogens is 2. The number of carbonyl (C=O) groups excluding carboxylic acids is 1. The number of nitrogens with one attached hydrogen (secondary N) is 1. The highest BCUT2D eigenvalue weighted by Gasteiger charge is 2.23. The van der Waals surface area contributed by atoms with E-state index in [4.69, 9.17) is 0 Å². The van der Waals surface area contributed by atoms with Crippen LogP contribution in [0.25, 0.3) is 10.9 Å². The zero-order chi connectivity index (χ0) is 20.4. The van der Waals surface area contributed by atoms with Crippen molar-refractivity contribution >= 4 is 16.8 Å². The number of nitrogens with zero attached hydrogens (tertiary/aromatic N) is 3. The van der Waals surface area contributed by atoms with Crippen LogP contribution in [0.3, 0.4) is 0 Å². The lowest BCUT2D eigenvalue weighted by Gasteiger charge is -2.32. The van der Waals surface area contributed by atoms with Gasteiger partial charge in [-0.3, -0.25) is 19.5 Å². The van der Waals surface area contributed by atoms with Crippen molar-refractivity contribution in [2.24, 2.45) is 7.05 Å². The van der Waals surface area contributed by atoms with Crippen LogP contribution >= 0.6 is 0 Å². The summed E-state index contributed by atoms with van der Waals surface area (Å²) in [6, 6.07) is 11.8. The molecule has 29 heavy (non-hydrogen) atoms. The number of hydrogen-bond donors (Lipinski definition) is 1. The second-order valence-corrected chi connectivity index (χ2v) is 7.85. The molecule has 0 saturated carbocycles. The molecule has 0 aliphatic carbocycles. The first-order chi connectivity index (χ1) is 14.0. The Hall–Kier alpha value is -2.99. The van der Waals surface area contributed by atoms with Gasteiger partial charge in [0.25, 0.3) is 5.91 Å². The van der Waals surface area contributed by atoms with Crippen molar-refractivity contribution in [1.82, 2.24) is 19.8 Å². The van der Waals surface area contributed by atoms with E-state index in [1.165, 1.54) is 0 Å². The van der Waals surface area contributed by atoms with E-state index >= 15 is 0 Å². The lowest BCUT2D eigenvalue weighted by atomic mass is 10.0. The second-order valence-electron chi connectivity index (χ2n) is 7.85. The topological polar surface area (TPSA) is 67.2 Å². The van der Waals surface area contributed by atoms with Crippen molar-refractivity contribution in [3.63, 3.8) is 0 Å². The Balaban J connectivity index is 1.43. The maximum Gasteiger partial charge on any atom is 0.256 e. The summed E-state index contributed by atoms with van der Waals surface area (Å²) in [4.78, 5) is 32.5. The molecule has 1 N–H and O–H groups in total. The molecule has 0 unspecified atom stereocenters. The minimum Gasteiger partial charge on any atom is -0.350 e. The van der Waals surface area contributed by atoms with Gasteiger partial charge < -0.3 is 9.88 Å². The molecule has 4 rings (SSSR count). The normalized spacial score (nSPS) is 15.5. The average Bonchev–Trinajstić information content (AvgIpc) is 2.72. The van der Waals surface area contributed by atoms with Crippen molar-refractivity contribution in [2.75, 3.05) is 13.1 Å². The first kappa shape index (κ1) is 19.3. The minimum atomic E-state index is -0.280. The highest BCUT2D eigenvalue weighted by atomic mass is 16.2. The first-order valence-corrected chi connectivity index (χ1v) is 10.0. The predicted molar refractivity (Wildman–Crippen MR) is 114 cm³/mol. The third-order valence-electron chi connectivity index (χ3n) is 5.62. The summed E-state index contributed by atoms with van der Waals surface area (Å²) in [6.07, 6.45) is 5.19. The molecule has 3 heterocycles. The lowest BCUT2D eigenvalue weighted by Crippen LogP contribution is -2.45. The van der Waals surface area contributed by atoms with Crippen LogP contribution < -0.4 is 10.7 Å². The molecule has 1 amide bonds. The van der Waals surface area contributed by atoms with Crippen LogP contribution in [0.1, 0.15) is 34.5 Å². The fourth-order valence-electron chi connectivity index (χ4n) is 3.99. The van der Waals surface area contributed by atoms with E-state index in [9.17, 15) is 9.59 Å². The van der Waals surface area contributed by atoms with Crippen LogP contribution in [0.5, 0.6) is 0 Å². The van der Waals surface area contributed by atoms with E-state index in [1.807, 2.05) is 61.1 Å². The van der Waals surface area contributed by atoms with E-state index in [0.29, 0.717) is 5.39 Å². The molecule has 2 aromatic heterocycles. The number of likely N-dealkylation sites (tertiary alicyclic amines) is 1. The van der Waals surface area contributed by atoms with Gasteiger partial charge in [-0.2, -0.15) is 0 Å². The van der Waals surface area contributed by atoms with Gasteiger partial charge in [-0.1, -0.05) is 17.7 Å². The molecule has 1 aliphatic rings. The molecular weight excluding hydrogens is 364 g/mol. The number of fused-ring (bicyclic) bond motifs is 1. The molecule has 1 saturated heterocycles. The molecule has 0 bridgehead atoms. The van der Waals surface area contributed by atoms with Crippen molar-refractivity contribution in [1.29, 1.82) is 0 Å². The van der Waals surface area contributed by atoms with Gasteiger partial charge in [-0.25, -0.2) is 0 Å². The van der Waals surface area contributed by atoms with Gasteiger partial charge >= 0.3 is 0 Å². The maximum atomic E-state index is 12.9. The van der Waals surface area contributed by atoms with E-state index < -0.39 is 0 Å². The van der Waals surface area contributed by atoms with Crippen LogP contribution in [0.15, 0.2) is 53.6 Å². The Morgan fingerprint density at radius 3 is 2.72 bits per heavy atom. The van der Waals surface area contributed by atoms with Crippen molar-refractivity contribution < 1.29 is 4.79 Å². The van der Waals surface area contributed by atoms with Crippen LogP contribution in [0.4, 0.5) is 0 Å².